The Hall–Kier alpha value is -1.22. The molecule has 1 rings (SSSR count). The van der Waals surface area contributed by atoms with Crippen LogP contribution in [0.25, 0.3) is 0 Å². The molecular formula is C11H15ClN2O. The van der Waals surface area contributed by atoms with Crippen molar-refractivity contribution in [1.82, 2.24) is 4.90 Å². The van der Waals surface area contributed by atoms with Crippen LogP contribution in [0.1, 0.15) is 6.92 Å². The van der Waals surface area contributed by atoms with Crippen LogP contribution in [0.2, 0.25) is 5.02 Å². The summed E-state index contributed by atoms with van der Waals surface area (Å²) in [6.07, 6.45) is 0. The number of rotatable bonds is 3. The number of hydrogen-bond acceptors (Lipinski definition) is 2. The predicted octanol–water partition coefficient (Wildman–Crippen LogP) is 2.23. The van der Waals surface area contributed by atoms with Gasteiger partial charge in [0, 0.05) is 24.8 Å². The number of carbonyl (C=O) groups is 1. The molecule has 4 heteroatoms. The second kappa shape index (κ2) is 5.03. The van der Waals surface area contributed by atoms with Gasteiger partial charge in [0.15, 0.2) is 0 Å². The van der Waals surface area contributed by atoms with Crippen molar-refractivity contribution in [2.75, 3.05) is 19.4 Å². The van der Waals surface area contributed by atoms with E-state index in [0.717, 1.165) is 5.69 Å². The van der Waals surface area contributed by atoms with Crippen molar-refractivity contribution in [1.29, 1.82) is 0 Å². The summed E-state index contributed by atoms with van der Waals surface area (Å²) < 4.78 is 0. The van der Waals surface area contributed by atoms with Crippen LogP contribution >= 0.6 is 11.6 Å². The quantitative estimate of drug-likeness (QED) is 0.857. The van der Waals surface area contributed by atoms with Gasteiger partial charge in [-0.25, -0.2) is 0 Å². The molecule has 3 nitrogen and oxygen atoms in total. The predicted molar refractivity (Wildman–Crippen MR) is 63.2 cm³/mol. The number of hydrogen-bond donors (Lipinski definition) is 1. The molecular weight excluding hydrogens is 212 g/mol. The molecule has 1 amide bonds. The van der Waals surface area contributed by atoms with E-state index in [-0.39, 0.29) is 11.9 Å². The topological polar surface area (TPSA) is 32.3 Å². The molecule has 0 fully saturated rings. The number of anilines is 1. The van der Waals surface area contributed by atoms with Crippen molar-refractivity contribution >= 4 is 23.2 Å². The van der Waals surface area contributed by atoms with E-state index in [1.165, 1.54) is 0 Å². The van der Waals surface area contributed by atoms with Gasteiger partial charge >= 0.3 is 0 Å². The molecule has 0 aliphatic rings. The first kappa shape index (κ1) is 11.9. The molecule has 1 atom stereocenters. The first-order valence-electron chi connectivity index (χ1n) is 4.74. The maximum atomic E-state index is 11.6. The van der Waals surface area contributed by atoms with Gasteiger partial charge in [-0.3, -0.25) is 4.79 Å². The van der Waals surface area contributed by atoms with Gasteiger partial charge in [0.25, 0.3) is 0 Å². The molecule has 1 aromatic carbocycles. The Bertz CT molecular complexity index is 352. The number of nitrogens with zero attached hydrogens (tertiary/aromatic N) is 1. The lowest BCUT2D eigenvalue weighted by atomic mass is 10.2. The number of carbonyl (C=O) groups excluding carboxylic acids is 1. The van der Waals surface area contributed by atoms with Crippen LogP contribution in [-0.4, -0.2) is 30.9 Å². The minimum Gasteiger partial charge on any atom is -0.374 e. The highest BCUT2D eigenvalue weighted by Gasteiger charge is 2.13. The Morgan fingerprint density at radius 3 is 2.67 bits per heavy atom. The summed E-state index contributed by atoms with van der Waals surface area (Å²) >= 11 is 5.84. The first-order chi connectivity index (χ1) is 7.00. The standard InChI is InChI=1S/C11H15ClN2O/c1-8(11(15)14(2)3)13-10-6-4-5-9(12)7-10/h4-8,13H,1-3H3. The average molecular weight is 227 g/mol. The van der Waals surface area contributed by atoms with E-state index in [1.807, 2.05) is 19.1 Å². The fourth-order valence-corrected chi connectivity index (χ4v) is 1.47. The Morgan fingerprint density at radius 2 is 2.13 bits per heavy atom. The average Bonchev–Trinajstić information content (AvgIpc) is 2.16. The van der Waals surface area contributed by atoms with Crippen LogP contribution in [-0.2, 0) is 4.79 Å². The molecule has 0 aliphatic heterocycles. The first-order valence-corrected chi connectivity index (χ1v) is 5.12. The summed E-state index contributed by atoms with van der Waals surface area (Å²) in [6.45, 7) is 1.82. The molecule has 1 aromatic rings. The second-order valence-corrected chi connectivity index (χ2v) is 4.05. The van der Waals surface area contributed by atoms with Gasteiger partial charge in [0.1, 0.15) is 6.04 Å². The number of halogens is 1. The van der Waals surface area contributed by atoms with Crippen molar-refractivity contribution in [2.45, 2.75) is 13.0 Å². The smallest absolute Gasteiger partial charge is 0.244 e. The highest BCUT2D eigenvalue weighted by molar-refractivity contribution is 6.30. The van der Waals surface area contributed by atoms with Crippen molar-refractivity contribution in [3.05, 3.63) is 29.3 Å². The van der Waals surface area contributed by atoms with E-state index in [9.17, 15) is 4.79 Å². The molecule has 0 spiro atoms. The van der Waals surface area contributed by atoms with Crippen LogP contribution in [0.4, 0.5) is 5.69 Å². The highest BCUT2D eigenvalue weighted by atomic mass is 35.5. The Labute approximate surface area is 95.0 Å². The molecule has 82 valence electrons. The minimum atomic E-state index is -0.251. The Kier molecular flexibility index (Phi) is 3.97. The van der Waals surface area contributed by atoms with Gasteiger partial charge in [-0.1, -0.05) is 17.7 Å². The van der Waals surface area contributed by atoms with Crippen LogP contribution in [0.15, 0.2) is 24.3 Å². The van der Waals surface area contributed by atoms with Crippen molar-refractivity contribution < 1.29 is 4.79 Å². The summed E-state index contributed by atoms with van der Waals surface area (Å²) in [6, 6.07) is 7.06. The zero-order valence-corrected chi connectivity index (χ0v) is 9.88. The molecule has 0 saturated heterocycles. The molecule has 0 aromatic heterocycles. The third-order valence-electron chi connectivity index (χ3n) is 2.02. The van der Waals surface area contributed by atoms with Gasteiger partial charge in [0.2, 0.25) is 5.91 Å². The summed E-state index contributed by atoms with van der Waals surface area (Å²) in [5.74, 6) is 0.0370. The van der Waals surface area contributed by atoms with E-state index in [2.05, 4.69) is 5.32 Å². The maximum Gasteiger partial charge on any atom is 0.244 e. The molecule has 0 bridgehead atoms. The van der Waals surface area contributed by atoms with Crippen molar-refractivity contribution in [2.24, 2.45) is 0 Å². The largest absolute Gasteiger partial charge is 0.374 e. The van der Waals surface area contributed by atoms with E-state index >= 15 is 0 Å². The normalized spacial score (nSPS) is 12.0. The van der Waals surface area contributed by atoms with Crippen LogP contribution < -0.4 is 5.32 Å². The monoisotopic (exact) mass is 226 g/mol. The fraction of sp³-hybridized carbons (Fsp3) is 0.364. The molecule has 0 heterocycles. The highest BCUT2D eigenvalue weighted by Crippen LogP contribution is 2.15. The summed E-state index contributed by atoms with van der Waals surface area (Å²) in [5, 5.41) is 3.75. The van der Waals surface area contributed by atoms with Crippen LogP contribution in [0.5, 0.6) is 0 Å². The van der Waals surface area contributed by atoms with Crippen LogP contribution in [0, 0.1) is 0 Å². The molecule has 0 radical (unpaired) electrons. The zero-order chi connectivity index (χ0) is 11.4. The minimum absolute atomic E-state index is 0.0370. The van der Waals surface area contributed by atoms with Gasteiger partial charge in [-0.05, 0) is 25.1 Å². The van der Waals surface area contributed by atoms with Gasteiger partial charge < -0.3 is 10.2 Å². The lowest BCUT2D eigenvalue weighted by Crippen LogP contribution is -2.36. The maximum absolute atomic E-state index is 11.6. The summed E-state index contributed by atoms with van der Waals surface area (Å²) in [7, 11) is 3.47. The Morgan fingerprint density at radius 1 is 1.47 bits per heavy atom. The number of amides is 1. The number of likely N-dealkylation sites (N-methyl/N-ethyl adjacent to an activating group) is 1. The Balaban J connectivity index is 2.66. The summed E-state index contributed by atoms with van der Waals surface area (Å²) in [5.41, 5.74) is 0.852. The molecule has 0 saturated carbocycles. The SMILES string of the molecule is CC(Nc1cccc(Cl)c1)C(=O)N(C)C. The second-order valence-electron chi connectivity index (χ2n) is 3.61. The van der Waals surface area contributed by atoms with Crippen molar-refractivity contribution in [3.8, 4) is 0 Å². The van der Waals surface area contributed by atoms with Gasteiger partial charge in [0.05, 0.1) is 0 Å². The third kappa shape index (κ3) is 3.44. The zero-order valence-electron chi connectivity index (χ0n) is 9.12. The lowest BCUT2D eigenvalue weighted by Gasteiger charge is -2.18. The lowest BCUT2D eigenvalue weighted by molar-refractivity contribution is -0.129. The van der Waals surface area contributed by atoms with E-state index in [0.29, 0.717) is 5.02 Å². The van der Waals surface area contributed by atoms with E-state index < -0.39 is 0 Å². The molecule has 15 heavy (non-hydrogen) atoms. The van der Waals surface area contributed by atoms with Gasteiger partial charge in [-0.15, -0.1) is 0 Å². The summed E-state index contributed by atoms with van der Waals surface area (Å²) in [4.78, 5) is 13.1. The fourth-order valence-electron chi connectivity index (χ4n) is 1.28. The molecule has 0 aliphatic carbocycles. The third-order valence-corrected chi connectivity index (χ3v) is 2.25. The number of nitrogens with one attached hydrogen (secondary N) is 1. The molecule has 1 N–H and O–H groups in total. The van der Waals surface area contributed by atoms with E-state index in [1.54, 1.807) is 31.1 Å². The van der Waals surface area contributed by atoms with E-state index in [4.69, 9.17) is 11.6 Å². The van der Waals surface area contributed by atoms with Gasteiger partial charge in [-0.2, -0.15) is 0 Å². The van der Waals surface area contributed by atoms with Crippen molar-refractivity contribution in [3.63, 3.8) is 0 Å². The molecule has 1 unspecified atom stereocenters. The number of benzene rings is 1. The van der Waals surface area contributed by atoms with Crippen LogP contribution in [0.3, 0.4) is 0 Å².